The third-order valence-electron chi connectivity index (χ3n) is 4.65. The monoisotopic (exact) mass is 557 g/mol. The van der Waals surface area contributed by atoms with E-state index >= 15 is 0 Å². The number of benzene rings is 1. The summed E-state index contributed by atoms with van der Waals surface area (Å²) in [5, 5.41) is 6.17. The van der Waals surface area contributed by atoms with E-state index in [-0.39, 0.29) is 43.0 Å². The summed E-state index contributed by atoms with van der Waals surface area (Å²) in [5.74, 6) is 0.347. The van der Waals surface area contributed by atoms with Gasteiger partial charge in [-0.25, -0.2) is 4.99 Å². The molecule has 176 valence electrons. The average Bonchev–Trinajstić information content (AvgIpc) is 2.72. The number of carbonyl (C=O) groups excluding carboxylic acids is 1. The Hall–Kier alpha value is -1.60. The Labute approximate surface area is 198 Å². The topological polar surface area (TPSA) is 69.2 Å². The predicted molar refractivity (Wildman–Crippen MR) is 125 cm³/mol. The Morgan fingerprint density at radius 3 is 2.39 bits per heavy atom. The van der Waals surface area contributed by atoms with Gasteiger partial charge in [-0.3, -0.25) is 9.69 Å². The molecule has 1 aromatic rings. The lowest BCUT2D eigenvalue weighted by atomic mass is 10.1. The summed E-state index contributed by atoms with van der Waals surface area (Å²) in [4.78, 5) is 20.1. The smallest absolute Gasteiger partial charge is 0.379 e. The van der Waals surface area contributed by atoms with Gasteiger partial charge in [0.2, 0.25) is 5.91 Å². The zero-order valence-electron chi connectivity index (χ0n) is 17.9. The van der Waals surface area contributed by atoms with Crippen LogP contribution in [0.15, 0.2) is 29.3 Å². The van der Waals surface area contributed by atoms with E-state index in [1.165, 1.54) is 17.0 Å². The number of nitrogens with one attached hydrogen (secondary N) is 2. The second-order valence-corrected chi connectivity index (χ2v) is 7.24. The van der Waals surface area contributed by atoms with E-state index in [1.54, 1.807) is 14.1 Å². The first kappa shape index (κ1) is 27.4. The first-order chi connectivity index (χ1) is 14.3. The number of guanidine groups is 1. The molecule has 1 heterocycles. The van der Waals surface area contributed by atoms with Gasteiger partial charge in [-0.2, -0.15) is 13.2 Å². The van der Waals surface area contributed by atoms with Crippen molar-refractivity contribution in [2.24, 2.45) is 4.99 Å². The van der Waals surface area contributed by atoms with E-state index in [4.69, 9.17) is 4.74 Å². The number of ether oxygens (including phenoxy) is 1. The third-order valence-corrected chi connectivity index (χ3v) is 4.65. The fourth-order valence-corrected chi connectivity index (χ4v) is 2.80. The Bertz CT molecular complexity index is 693. The summed E-state index contributed by atoms with van der Waals surface area (Å²) in [6, 6.07) is 4.91. The van der Waals surface area contributed by atoms with Crippen molar-refractivity contribution in [1.29, 1.82) is 0 Å². The third kappa shape index (κ3) is 10.5. The van der Waals surface area contributed by atoms with Crippen molar-refractivity contribution in [2.75, 3.05) is 60.0 Å². The number of hydrogen-bond donors (Lipinski definition) is 2. The van der Waals surface area contributed by atoms with E-state index in [0.29, 0.717) is 18.1 Å². The molecule has 0 atom stereocenters. The fourth-order valence-electron chi connectivity index (χ4n) is 2.80. The molecule has 1 saturated heterocycles. The number of aliphatic imine (C=N–C) groups is 1. The highest BCUT2D eigenvalue weighted by atomic mass is 127. The number of amides is 1. The molecule has 31 heavy (non-hydrogen) atoms. The molecule has 1 amide bonds. The zero-order valence-corrected chi connectivity index (χ0v) is 20.2. The first-order valence-electron chi connectivity index (χ1n) is 9.94. The highest BCUT2D eigenvalue weighted by Gasteiger charge is 2.29. The minimum atomic E-state index is -4.36. The molecule has 0 unspecified atom stereocenters. The molecule has 0 bridgehead atoms. The van der Waals surface area contributed by atoms with E-state index < -0.39 is 11.7 Å². The van der Waals surface area contributed by atoms with Crippen LogP contribution in [0.1, 0.15) is 17.5 Å². The van der Waals surface area contributed by atoms with Gasteiger partial charge in [0.05, 0.1) is 31.9 Å². The van der Waals surface area contributed by atoms with Gasteiger partial charge in [0.25, 0.3) is 0 Å². The van der Waals surface area contributed by atoms with Gasteiger partial charge in [0, 0.05) is 33.7 Å². The summed E-state index contributed by atoms with van der Waals surface area (Å²) in [6.45, 7) is 5.21. The van der Waals surface area contributed by atoms with Gasteiger partial charge in [0.15, 0.2) is 5.96 Å². The Balaban J connectivity index is 0.00000480. The molecule has 2 N–H and O–H groups in total. The molecule has 0 radical (unpaired) electrons. The maximum Gasteiger partial charge on any atom is 0.416 e. The van der Waals surface area contributed by atoms with E-state index in [2.05, 4.69) is 20.5 Å². The van der Waals surface area contributed by atoms with Crippen molar-refractivity contribution in [3.05, 3.63) is 35.4 Å². The van der Waals surface area contributed by atoms with Gasteiger partial charge >= 0.3 is 6.18 Å². The van der Waals surface area contributed by atoms with Crippen LogP contribution in [0.2, 0.25) is 0 Å². The summed E-state index contributed by atoms with van der Waals surface area (Å²) < 4.78 is 43.4. The van der Waals surface area contributed by atoms with Crippen molar-refractivity contribution >= 4 is 35.8 Å². The van der Waals surface area contributed by atoms with Crippen molar-refractivity contribution < 1.29 is 22.7 Å². The molecule has 0 aromatic heterocycles. The summed E-state index contributed by atoms with van der Waals surface area (Å²) in [6.07, 6.45) is -3.47. The van der Waals surface area contributed by atoms with Gasteiger partial charge in [-0.15, -0.1) is 24.0 Å². The largest absolute Gasteiger partial charge is 0.416 e. The van der Waals surface area contributed by atoms with Crippen LogP contribution in [0.25, 0.3) is 0 Å². The molecule has 1 fully saturated rings. The van der Waals surface area contributed by atoms with Crippen molar-refractivity contribution in [1.82, 2.24) is 20.4 Å². The molecule has 2 rings (SSSR count). The van der Waals surface area contributed by atoms with Crippen LogP contribution < -0.4 is 10.6 Å². The lowest BCUT2D eigenvalue weighted by Crippen LogP contribution is -2.44. The Kier molecular flexibility index (Phi) is 12.2. The maximum absolute atomic E-state index is 12.7. The number of morpholine rings is 1. The fraction of sp³-hybridized carbons (Fsp3) is 0.600. The predicted octanol–water partition coefficient (Wildman–Crippen LogP) is 2.17. The van der Waals surface area contributed by atoms with Gasteiger partial charge < -0.3 is 20.3 Å². The second kappa shape index (κ2) is 13.7. The van der Waals surface area contributed by atoms with Gasteiger partial charge in [-0.05, 0) is 30.7 Å². The quantitative estimate of drug-likeness (QED) is 0.222. The summed E-state index contributed by atoms with van der Waals surface area (Å²) >= 11 is 0. The Morgan fingerprint density at radius 1 is 1.16 bits per heavy atom. The molecule has 7 nitrogen and oxygen atoms in total. The normalized spacial score (nSPS) is 15.2. The van der Waals surface area contributed by atoms with Gasteiger partial charge in [-0.1, -0.05) is 12.1 Å². The number of alkyl halides is 3. The van der Waals surface area contributed by atoms with E-state index in [0.717, 1.165) is 51.4 Å². The summed E-state index contributed by atoms with van der Waals surface area (Å²) in [7, 11) is 3.33. The molecule has 1 aliphatic heterocycles. The Morgan fingerprint density at radius 2 is 1.81 bits per heavy atom. The lowest BCUT2D eigenvalue weighted by molar-refractivity contribution is -0.137. The standard InChI is InChI=1S/C20H30F3N5O2.HI/c1-27(2)18(29)15-26-19(24-8-3-9-28-10-12-30-13-11-28)25-14-16-4-6-17(7-5-16)20(21,22)23;/h4-7H,3,8-15H2,1-2H3,(H2,24,25,26);1H. The SMILES string of the molecule is CN(C)C(=O)CNC(=NCc1ccc(C(F)(F)F)cc1)NCCCN1CCOCC1.I. The average molecular weight is 557 g/mol. The number of carbonyl (C=O) groups is 1. The highest BCUT2D eigenvalue weighted by molar-refractivity contribution is 14.0. The first-order valence-corrected chi connectivity index (χ1v) is 9.94. The highest BCUT2D eigenvalue weighted by Crippen LogP contribution is 2.29. The number of halogens is 4. The number of likely N-dealkylation sites (N-methyl/N-ethyl adjacent to an activating group) is 1. The van der Waals surface area contributed by atoms with E-state index in [9.17, 15) is 18.0 Å². The molecular weight excluding hydrogens is 526 g/mol. The molecule has 1 aliphatic rings. The van der Waals surface area contributed by atoms with Crippen LogP contribution in [0, 0.1) is 0 Å². The van der Waals surface area contributed by atoms with E-state index in [1.807, 2.05) is 0 Å². The number of hydrogen-bond acceptors (Lipinski definition) is 4. The molecule has 0 spiro atoms. The van der Waals surface area contributed by atoms with Crippen molar-refractivity contribution in [3.8, 4) is 0 Å². The molecule has 1 aromatic carbocycles. The molecular formula is C20H31F3IN5O2. The molecule has 0 saturated carbocycles. The molecule has 0 aliphatic carbocycles. The van der Waals surface area contributed by atoms with Crippen LogP contribution in [0.3, 0.4) is 0 Å². The van der Waals surface area contributed by atoms with Crippen LogP contribution >= 0.6 is 24.0 Å². The van der Waals surface area contributed by atoms with Crippen LogP contribution in [-0.2, 0) is 22.3 Å². The van der Waals surface area contributed by atoms with Crippen molar-refractivity contribution in [3.63, 3.8) is 0 Å². The van der Waals surface area contributed by atoms with Crippen LogP contribution in [-0.4, -0.2) is 81.7 Å². The van der Waals surface area contributed by atoms with Crippen molar-refractivity contribution in [2.45, 2.75) is 19.1 Å². The minimum absolute atomic E-state index is 0. The number of nitrogens with zero attached hydrogens (tertiary/aromatic N) is 3. The summed E-state index contributed by atoms with van der Waals surface area (Å²) in [5.41, 5.74) is -0.0391. The minimum Gasteiger partial charge on any atom is -0.379 e. The number of rotatable bonds is 8. The zero-order chi connectivity index (χ0) is 22.0. The molecule has 11 heteroatoms. The lowest BCUT2D eigenvalue weighted by Gasteiger charge is -2.26. The van der Waals surface area contributed by atoms with Crippen LogP contribution in [0.4, 0.5) is 13.2 Å². The van der Waals surface area contributed by atoms with Crippen LogP contribution in [0.5, 0.6) is 0 Å². The van der Waals surface area contributed by atoms with Gasteiger partial charge in [0.1, 0.15) is 0 Å². The second-order valence-electron chi connectivity index (χ2n) is 7.24. The maximum atomic E-state index is 12.7.